The van der Waals surface area contributed by atoms with Crippen molar-refractivity contribution in [3.8, 4) is 11.6 Å². The van der Waals surface area contributed by atoms with Crippen molar-refractivity contribution in [3.05, 3.63) is 90.2 Å². The van der Waals surface area contributed by atoms with E-state index < -0.39 is 0 Å². The summed E-state index contributed by atoms with van der Waals surface area (Å²) in [6, 6.07) is 23.4. The van der Waals surface area contributed by atoms with Crippen LogP contribution in [0.1, 0.15) is 28.8 Å². The lowest BCUT2D eigenvalue weighted by Gasteiger charge is -2.09. The van der Waals surface area contributed by atoms with Crippen LogP contribution in [0.4, 0.5) is 0 Å². The summed E-state index contributed by atoms with van der Waals surface area (Å²) in [6.07, 6.45) is 2.94. The Kier molecular flexibility index (Phi) is 6.22. The highest BCUT2D eigenvalue weighted by molar-refractivity contribution is 7.99. The summed E-state index contributed by atoms with van der Waals surface area (Å²) < 4.78 is 7.61. The van der Waals surface area contributed by atoms with Gasteiger partial charge >= 0.3 is 0 Å². The Morgan fingerprint density at radius 2 is 1.69 bits per heavy atom. The zero-order chi connectivity index (χ0) is 19.9. The topological polar surface area (TPSA) is 60.9 Å². The monoisotopic (exact) mass is 403 g/mol. The van der Waals surface area contributed by atoms with Gasteiger partial charge in [-0.25, -0.2) is 0 Å². The van der Waals surface area contributed by atoms with Crippen molar-refractivity contribution < 1.29 is 9.21 Å². The Morgan fingerprint density at radius 3 is 2.41 bits per heavy atom. The van der Waals surface area contributed by atoms with Gasteiger partial charge < -0.3 is 4.42 Å². The van der Waals surface area contributed by atoms with E-state index in [1.54, 1.807) is 18.0 Å². The average molecular weight is 404 g/mol. The van der Waals surface area contributed by atoms with Gasteiger partial charge in [0.15, 0.2) is 16.7 Å². The van der Waals surface area contributed by atoms with Gasteiger partial charge in [0, 0.05) is 17.7 Å². The van der Waals surface area contributed by atoms with E-state index in [0.29, 0.717) is 24.6 Å². The fourth-order valence-electron chi connectivity index (χ4n) is 3.06. The molecule has 2 aromatic heterocycles. The molecule has 5 nitrogen and oxygen atoms in total. The molecule has 0 atom stereocenters. The number of carbonyl (C=O) groups is 1. The number of carbonyl (C=O) groups excluding carboxylic acids is 1. The smallest absolute Gasteiger partial charge is 0.200 e. The van der Waals surface area contributed by atoms with Gasteiger partial charge in [-0.2, -0.15) is 0 Å². The van der Waals surface area contributed by atoms with E-state index in [9.17, 15) is 4.79 Å². The van der Waals surface area contributed by atoms with Crippen LogP contribution >= 0.6 is 11.8 Å². The number of hydrogen-bond donors (Lipinski definition) is 0. The first-order chi connectivity index (χ1) is 14.3. The van der Waals surface area contributed by atoms with Crippen molar-refractivity contribution in [1.82, 2.24) is 14.8 Å². The molecule has 0 aliphatic heterocycles. The molecule has 0 amide bonds. The summed E-state index contributed by atoms with van der Waals surface area (Å²) in [5.74, 6) is 2.37. The second-order valence-corrected chi connectivity index (χ2v) is 7.66. The molecule has 0 aliphatic carbocycles. The summed E-state index contributed by atoms with van der Waals surface area (Å²) >= 11 is 1.62. The number of nitrogens with zero attached hydrogens (tertiary/aromatic N) is 3. The summed E-state index contributed by atoms with van der Waals surface area (Å²) in [5.41, 5.74) is 1.94. The van der Waals surface area contributed by atoms with Crippen molar-refractivity contribution in [2.24, 2.45) is 0 Å². The SMILES string of the molecule is O=C(CCCSc1nnc(-c2ccco2)n1Cc1ccccc1)c1ccccc1. The molecule has 0 fully saturated rings. The number of hydrogen-bond acceptors (Lipinski definition) is 5. The van der Waals surface area contributed by atoms with Gasteiger partial charge in [0.25, 0.3) is 0 Å². The first kappa shape index (κ1) is 19.2. The number of Topliss-reactive ketones (excluding diaryl/α,β-unsaturated/α-hetero) is 1. The van der Waals surface area contributed by atoms with Gasteiger partial charge in [-0.1, -0.05) is 72.4 Å². The number of benzene rings is 2. The molecule has 0 bridgehead atoms. The van der Waals surface area contributed by atoms with E-state index in [0.717, 1.165) is 22.9 Å². The summed E-state index contributed by atoms with van der Waals surface area (Å²) in [7, 11) is 0. The van der Waals surface area contributed by atoms with Crippen LogP contribution < -0.4 is 0 Å². The van der Waals surface area contributed by atoms with Crippen LogP contribution in [-0.4, -0.2) is 26.3 Å². The van der Waals surface area contributed by atoms with Crippen LogP contribution in [0.15, 0.2) is 88.6 Å². The highest BCUT2D eigenvalue weighted by Crippen LogP contribution is 2.26. The maximum atomic E-state index is 12.3. The zero-order valence-electron chi connectivity index (χ0n) is 15.9. The van der Waals surface area contributed by atoms with E-state index in [1.165, 1.54) is 5.56 Å². The molecule has 2 aromatic carbocycles. The number of rotatable bonds is 9. The second-order valence-electron chi connectivity index (χ2n) is 6.60. The van der Waals surface area contributed by atoms with Gasteiger partial charge in [-0.15, -0.1) is 10.2 Å². The van der Waals surface area contributed by atoms with Crippen LogP contribution in [-0.2, 0) is 6.54 Å². The molecule has 0 spiro atoms. The maximum absolute atomic E-state index is 12.3. The lowest BCUT2D eigenvalue weighted by Crippen LogP contribution is -2.04. The van der Waals surface area contributed by atoms with E-state index in [4.69, 9.17) is 4.42 Å². The average Bonchev–Trinajstić information content (AvgIpc) is 3.43. The Hall–Kier alpha value is -3.12. The predicted molar refractivity (Wildman–Crippen MR) is 114 cm³/mol. The highest BCUT2D eigenvalue weighted by Gasteiger charge is 2.17. The molecule has 0 saturated heterocycles. The molecule has 29 heavy (non-hydrogen) atoms. The molecule has 2 heterocycles. The largest absolute Gasteiger partial charge is 0.461 e. The minimum absolute atomic E-state index is 0.174. The minimum atomic E-state index is 0.174. The predicted octanol–water partition coefficient (Wildman–Crippen LogP) is 5.34. The number of ketones is 1. The molecule has 0 saturated carbocycles. The fraction of sp³-hybridized carbons (Fsp3) is 0.174. The minimum Gasteiger partial charge on any atom is -0.461 e. The Labute approximate surface area is 173 Å². The Morgan fingerprint density at radius 1 is 0.931 bits per heavy atom. The van der Waals surface area contributed by atoms with Crippen LogP contribution in [0.2, 0.25) is 0 Å². The van der Waals surface area contributed by atoms with Crippen molar-refractivity contribution in [2.75, 3.05) is 5.75 Å². The van der Waals surface area contributed by atoms with Crippen LogP contribution in [0.25, 0.3) is 11.6 Å². The highest BCUT2D eigenvalue weighted by atomic mass is 32.2. The van der Waals surface area contributed by atoms with Gasteiger partial charge in [0.2, 0.25) is 5.82 Å². The molecule has 146 valence electrons. The number of furan rings is 1. The summed E-state index contributed by atoms with van der Waals surface area (Å²) in [5, 5.41) is 9.55. The third-order valence-corrected chi connectivity index (χ3v) is 5.57. The number of aromatic nitrogens is 3. The van der Waals surface area contributed by atoms with Gasteiger partial charge in [-0.3, -0.25) is 9.36 Å². The summed E-state index contributed by atoms with van der Waals surface area (Å²) in [6.45, 7) is 0.662. The summed E-state index contributed by atoms with van der Waals surface area (Å²) in [4.78, 5) is 12.3. The van der Waals surface area contributed by atoms with Crippen molar-refractivity contribution in [1.29, 1.82) is 0 Å². The van der Waals surface area contributed by atoms with Gasteiger partial charge in [-0.05, 0) is 24.1 Å². The van der Waals surface area contributed by atoms with Gasteiger partial charge in [0.1, 0.15) is 0 Å². The first-order valence-corrected chi connectivity index (χ1v) is 10.5. The molecule has 6 heteroatoms. The zero-order valence-corrected chi connectivity index (χ0v) is 16.7. The molecule has 0 N–H and O–H groups in total. The fourth-order valence-corrected chi connectivity index (χ4v) is 3.93. The molecular formula is C23H21N3O2S. The van der Waals surface area contributed by atoms with Gasteiger partial charge in [0.05, 0.1) is 12.8 Å². The Bertz CT molecular complexity index is 1040. The third-order valence-electron chi connectivity index (χ3n) is 4.52. The van der Waals surface area contributed by atoms with E-state index in [-0.39, 0.29) is 5.78 Å². The lowest BCUT2D eigenvalue weighted by molar-refractivity contribution is 0.0982. The molecule has 0 unspecified atom stereocenters. The van der Waals surface area contributed by atoms with Crippen molar-refractivity contribution in [2.45, 2.75) is 24.5 Å². The molecule has 0 aliphatic rings. The first-order valence-electron chi connectivity index (χ1n) is 9.53. The quantitative estimate of drug-likeness (QED) is 0.214. The van der Waals surface area contributed by atoms with E-state index in [1.807, 2.05) is 60.7 Å². The van der Waals surface area contributed by atoms with E-state index in [2.05, 4.69) is 26.9 Å². The van der Waals surface area contributed by atoms with Crippen molar-refractivity contribution in [3.63, 3.8) is 0 Å². The van der Waals surface area contributed by atoms with Crippen LogP contribution in [0, 0.1) is 0 Å². The Balaban J connectivity index is 1.43. The molecule has 4 aromatic rings. The maximum Gasteiger partial charge on any atom is 0.200 e. The van der Waals surface area contributed by atoms with Crippen LogP contribution in [0.3, 0.4) is 0 Å². The van der Waals surface area contributed by atoms with Crippen molar-refractivity contribution >= 4 is 17.5 Å². The lowest BCUT2D eigenvalue weighted by atomic mass is 10.1. The normalized spacial score (nSPS) is 10.9. The molecule has 0 radical (unpaired) electrons. The number of thioether (sulfide) groups is 1. The standard InChI is InChI=1S/C23H21N3O2S/c27-20(19-11-5-2-6-12-19)13-8-16-29-23-25-24-22(21-14-7-15-28-21)26(23)17-18-9-3-1-4-10-18/h1-7,9-12,14-15H,8,13,16-17H2. The second kappa shape index (κ2) is 9.39. The van der Waals surface area contributed by atoms with E-state index >= 15 is 0 Å². The molecule has 4 rings (SSSR count). The molecular weight excluding hydrogens is 382 g/mol. The van der Waals surface area contributed by atoms with Crippen LogP contribution in [0.5, 0.6) is 0 Å². The third kappa shape index (κ3) is 4.84.